The van der Waals surface area contributed by atoms with Crippen LogP contribution in [0.25, 0.3) is 22.2 Å². The number of aromatic nitrogens is 2. The third-order valence-corrected chi connectivity index (χ3v) is 6.14. The lowest BCUT2D eigenvalue weighted by molar-refractivity contribution is 0.152. The van der Waals surface area contributed by atoms with Crippen molar-refractivity contribution in [2.24, 2.45) is 0 Å². The van der Waals surface area contributed by atoms with Gasteiger partial charge in [0.15, 0.2) is 5.65 Å². The Labute approximate surface area is 160 Å². The summed E-state index contributed by atoms with van der Waals surface area (Å²) in [7, 11) is -3.87. The number of nitrogen functional groups attached to an aromatic ring is 1. The van der Waals surface area contributed by atoms with Gasteiger partial charge in [-0.15, -0.1) is 0 Å². The van der Waals surface area contributed by atoms with Gasteiger partial charge in [-0.1, -0.05) is 24.3 Å². The van der Waals surface area contributed by atoms with Gasteiger partial charge in [-0.25, -0.2) is 26.2 Å². The van der Waals surface area contributed by atoms with Crippen LogP contribution in [-0.4, -0.2) is 17.4 Å². The minimum atomic E-state index is -3.87. The molecule has 4 aromatic rings. The molecule has 0 unspecified atom stereocenters. The van der Waals surface area contributed by atoms with Gasteiger partial charge in [-0.2, -0.15) is 0 Å². The topological polar surface area (TPSA) is 78.0 Å². The largest absolute Gasteiger partial charge is 0.399 e. The summed E-state index contributed by atoms with van der Waals surface area (Å²) in [5.74, 6) is 0. The molecule has 0 atom stereocenters. The predicted molar refractivity (Wildman–Crippen MR) is 104 cm³/mol. The predicted octanol–water partition coefficient (Wildman–Crippen LogP) is 4.46. The second-order valence-corrected chi connectivity index (χ2v) is 7.99. The van der Waals surface area contributed by atoms with E-state index in [1.807, 2.05) is 0 Å². The fraction of sp³-hybridized carbons (Fsp3) is 0.0500. The van der Waals surface area contributed by atoms with Crippen LogP contribution in [0.5, 0.6) is 0 Å². The van der Waals surface area contributed by atoms with Gasteiger partial charge >= 0.3 is 0 Å². The monoisotopic (exact) mass is 399 g/mol. The SMILES string of the molecule is Nc1ccc(-c2ccnc3c2ccn3S(=O)(=O)c2ccccc2)c(C(F)F)c1. The Hall–Kier alpha value is -3.26. The molecule has 0 amide bonds. The summed E-state index contributed by atoms with van der Waals surface area (Å²) < 4.78 is 54.1. The zero-order valence-electron chi connectivity index (χ0n) is 14.5. The number of benzene rings is 2. The summed E-state index contributed by atoms with van der Waals surface area (Å²) in [5, 5.41) is 0.452. The molecule has 0 spiro atoms. The molecule has 8 heteroatoms. The Morgan fingerprint density at radius 1 is 0.964 bits per heavy atom. The van der Waals surface area contributed by atoms with Crippen molar-refractivity contribution in [3.8, 4) is 11.1 Å². The minimum Gasteiger partial charge on any atom is -0.399 e. The normalized spacial score (nSPS) is 12.0. The van der Waals surface area contributed by atoms with Crippen LogP contribution in [-0.2, 0) is 10.0 Å². The smallest absolute Gasteiger partial charge is 0.269 e. The second kappa shape index (κ2) is 6.72. The molecule has 0 aliphatic carbocycles. The number of alkyl halides is 2. The van der Waals surface area contributed by atoms with E-state index in [0.717, 1.165) is 3.97 Å². The quantitative estimate of drug-likeness (QED) is 0.514. The van der Waals surface area contributed by atoms with E-state index in [2.05, 4.69) is 4.98 Å². The summed E-state index contributed by atoms with van der Waals surface area (Å²) in [6.07, 6.45) is 0.0558. The van der Waals surface area contributed by atoms with Crippen LogP contribution < -0.4 is 5.73 Å². The molecular formula is C20H15F2N3O2S. The minimum absolute atomic E-state index is 0.112. The lowest BCUT2D eigenvalue weighted by atomic mass is 9.98. The van der Waals surface area contributed by atoms with E-state index in [1.165, 1.54) is 42.7 Å². The molecular weight excluding hydrogens is 384 g/mol. The van der Waals surface area contributed by atoms with Crippen LogP contribution in [0, 0.1) is 0 Å². The van der Waals surface area contributed by atoms with Crippen molar-refractivity contribution in [2.45, 2.75) is 11.3 Å². The molecule has 2 aromatic heterocycles. The van der Waals surface area contributed by atoms with Crippen molar-refractivity contribution < 1.29 is 17.2 Å². The maximum Gasteiger partial charge on any atom is 0.269 e. The van der Waals surface area contributed by atoms with Crippen LogP contribution in [0.4, 0.5) is 14.5 Å². The highest BCUT2D eigenvalue weighted by atomic mass is 32.2. The highest BCUT2D eigenvalue weighted by molar-refractivity contribution is 7.90. The number of rotatable bonds is 4. The molecule has 2 N–H and O–H groups in total. The van der Waals surface area contributed by atoms with E-state index in [4.69, 9.17) is 5.73 Å². The molecule has 142 valence electrons. The maximum atomic E-state index is 13.5. The third kappa shape index (κ3) is 2.91. The van der Waals surface area contributed by atoms with Crippen LogP contribution in [0.1, 0.15) is 12.0 Å². The van der Waals surface area contributed by atoms with Crippen LogP contribution >= 0.6 is 0 Å². The Morgan fingerprint density at radius 2 is 1.71 bits per heavy atom. The van der Waals surface area contributed by atoms with Crippen LogP contribution in [0.15, 0.2) is 78.0 Å². The summed E-state index contributed by atoms with van der Waals surface area (Å²) >= 11 is 0. The summed E-state index contributed by atoms with van der Waals surface area (Å²) in [4.78, 5) is 4.29. The number of nitrogens with zero attached hydrogens (tertiary/aromatic N) is 2. The van der Waals surface area contributed by atoms with E-state index in [9.17, 15) is 17.2 Å². The lowest BCUT2D eigenvalue weighted by Crippen LogP contribution is -2.12. The number of hydrogen-bond donors (Lipinski definition) is 1. The first-order valence-corrected chi connectivity index (χ1v) is 9.78. The number of anilines is 1. The molecule has 0 aliphatic heterocycles. The molecule has 4 rings (SSSR count). The van der Waals surface area contributed by atoms with Crippen molar-refractivity contribution in [3.05, 3.63) is 78.6 Å². The first kappa shape index (κ1) is 18.1. The molecule has 0 saturated heterocycles. The molecule has 2 aromatic carbocycles. The highest BCUT2D eigenvalue weighted by Gasteiger charge is 2.22. The van der Waals surface area contributed by atoms with E-state index in [1.54, 1.807) is 30.3 Å². The standard InChI is InChI=1S/C20H15F2N3O2S/c21-19(22)18-12-13(23)6-7-15(18)16-8-10-24-20-17(16)9-11-25(20)28(26,27)14-4-2-1-3-5-14/h1-12,19H,23H2. The van der Waals surface area contributed by atoms with Gasteiger partial charge < -0.3 is 5.73 Å². The third-order valence-electron chi connectivity index (χ3n) is 4.46. The number of fused-ring (bicyclic) bond motifs is 1. The molecule has 0 fully saturated rings. The Kier molecular flexibility index (Phi) is 4.35. The van der Waals surface area contributed by atoms with E-state index in [-0.39, 0.29) is 27.4 Å². The van der Waals surface area contributed by atoms with Gasteiger partial charge in [0.2, 0.25) is 0 Å². The number of halogens is 2. The van der Waals surface area contributed by atoms with Gasteiger partial charge in [-0.05, 0) is 47.5 Å². The number of pyridine rings is 1. The summed E-state index contributed by atoms with van der Waals surface area (Å²) in [6.45, 7) is 0. The summed E-state index contributed by atoms with van der Waals surface area (Å²) in [5.41, 5.74) is 6.58. The average molecular weight is 399 g/mol. The Bertz CT molecular complexity index is 1270. The highest BCUT2D eigenvalue weighted by Crippen LogP contribution is 2.36. The molecule has 0 saturated carbocycles. The fourth-order valence-corrected chi connectivity index (χ4v) is 4.48. The molecule has 0 aliphatic rings. The van der Waals surface area contributed by atoms with Gasteiger partial charge in [0.05, 0.1) is 4.90 Å². The molecule has 0 bridgehead atoms. The van der Waals surface area contributed by atoms with Gasteiger partial charge in [0.25, 0.3) is 16.4 Å². The van der Waals surface area contributed by atoms with Crippen molar-refractivity contribution in [1.29, 1.82) is 0 Å². The van der Waals surface area contributed by atoms with E-state index in [0.29, 0.717) is 10.9 Å². The first-order valence-electron chi connectivity index (χ1n) is 8.34. The van der Waals surface area contributed by atoms with Gasteiger partial charge in [0, 0.05) is 29.0 Å². The summed E-state index contributed by atoms with van der Waals surface area (Å²) in [6, 6.07) is 15.4. The zero-order chi connectivity index (χ0) is 19.9. The van der Waals surface area contributed by atoms with Gasteiger partial charge in [0.1, 0.15) is 0 Å². The Balaban J connectivity index is 1.95. The van der Waals surface area contributed by atoms with E-state index >= 15 is 0 Å². The second-order valence-electron chi connectivity index (χ2n) is 6.17. The van der Waals surface area contributed by atoms with Crippen LogP contribution in [0.2, 0.25) is 0 Å². The number of nitrogens with two attached hydrogens (primary N) is 1. The fourth-order valence-electron chi connectivity index (χ4n) is 3.16. The average Bonchev–Trinajstić information content (AvgIpc) is 3.14. The lowest BCUT2D eigenvalue weighted by Gasteiger charge is -2.12. The van der Waals surface area contributed by atoms with Crippen LogP contribution in [0.3, 0.4) is 0 Å². The zero-order valence-corrected chi connectivity index (χ0v) is 15.3. The van der Waals surface area contributed by atoms with Gasteiger partial charge in [-0.3, -0.25) is 0 Å². The number of hydrogen-bond acceptors (Lipinski definition) is 4. The maximum absolute atomic E-state index is 13.5. The molecule has 2 heterocycles. The van der Waals surface area contributed by atoms with Crippen molar-refractivity contribution in [2.75, 3.05) is 5.73 Å². The molecule has 5 nitrogen and oxygen atoms in total. The Morgan fingerprint density at radius 3 is 2.43 bits per heavy atom. The molecule has 28 heavy (non-hydrogen) atoms. The van der Waals surface area contributed by atoms with Crippen molar-refractivity contribution in [1.82, 2.24) is 8.96 Å². The van der Waals surface area contributed by atoms with E-state index < -0.39 is 16.4 Å². The molecule has 0 radical (unpaired) electrons. The van der Waals surface area contributed by atoms with Crippen molar-refractivity contribution in [3.63, 3.8) is 0 Å². The first-order chi connectivity index (χ1) is 13.4. The van der Waals surface area contributed by atoms with Crippen molar-refractivity contribution >= 4 is 26.7 Å².